The number of nitrogens with zero attached hydrogens (tertiary/aromatic N) is 1. The van der Waals surface area contributed by atoms with Gasteiger partial charge in [0, 0.05) is 37.4 Å². The van der Waals surface area contributed by atoms with Gasteiger partial charge in [-0.3, -0.25) is 9.59 Å². The second-order valence-electron chi connectivity index (χ2n) is 7.39. The normalized spacial score (nSPS) is 22.3. The highest BCUT2D eigenvalue weighted by molar-refractivity contribution is 5.80. The summed E-state index contributed by atoms with van der Waals surface area (Å²) in [6.07, 6.45) is 2.72. The molecule has 2 fully saturated rings. The van der Waals surface area contributed by atoms with Crippen molar-refractivity contribution in [2.75, 3.05) is 13.1 Å². The van der Waals surface area contributed by atoms with E-state index in [4.69, 9.17) is 0 Å². The minimum atomic E-state index is -0.195. The molecule has 0 spiro atoms. The first-order valence-corrected chi connectivity index (χ1v) is 9.36. The van der Waals surface area contributed by atoms with E-state index in [-0.39, 0.29) is 23.3 Å². The number of amides is 2. The summed E-state index contributed by atoms with van der Waals surface area (Å²) in [5, 5.41) is 3.00. The highest BCUT2D eigenvalue weighted by atomic mass is 16.2. The molecule has 134 valence electrons. The SMILES string of the molecule is O=C1CC[C@H](CN2CC(c3ccccc3)(c3ccccc3)CCC2=O)N1. The molecule has 0 bridgehead atoms. The van der Waals surface area contributed by atoms with Crippen molar-refractivity contribution < 1.29 is 9.59 Å². The first-order valence-electron chi connectivity index (χ1n) is 9.36. The number of carbonyl (C=O) groups excluding carboxylic acids is 2. The maximum Gasteiger partial charge on any atom is 0.222 e. The van der Waals surface area contributed by atoms with E-state index < -0.39 is 0 Å². The lowest BCUT2D eigenvalue weighted by atomic mass is 9.69. The Labute approximate surface area is 154 Å². The zero-order valence-corrected chi connectivity index (χ0v) is 14.9. The second kappa shape index (κ2) is 6.94. The summed E-state index contributed by atoms with van der Waals surface area (Å²) in [4.78, 5) is 26.1. The molecule has 26 heavy (non-hydrogen) atoms. The Bertz CT molecular complexity index is 749. The lowest BCUT2D eigenvalue weighted by Crippen LogP contribution is -2.52. The molecule has 2 saturated heterocycles. The molecule has 4 rings (SSSR count). The number of benzene rings is 2. The van der Waals surface area contributed by atoms with E-state index in [1.807, 2.05) is 17.0 Å². The molecule has 0 saturated carbocycles. The molecule has 2 aliphatic heterocycles. The molecule has 4 heteroatoms. The summed E-state index contributed by atoms with van der Waals surface area (Å²) >= 11 is 0. The predicted octanol–water partition coefficient (Wildman–Crippen LogP) is 2.87. The third-order valence-electron chi connectivity index (χ3n) is 5.76. The van der Waals surface area contributed by atoms with Crippen LogP contribution in [0.1, 0.15) is 36.8 Å². The number of likely N-dealkylation sites (tertiary alicyclic amines) is 1. The number of hydrogen-bond donors (Lipinski definition) is 1. The van der Waals surface area contributed by atoms with Crippen molar-refractivity contribution in [3.05, 3.63) is 71.8 Å². The third-order valence-corrected chi connectivity index (χ3v) is 5.76. The van der Waals surface area contributed by atoms with E-state index in [2.05, 4.69) is 53.8 Å². The van der Waals surface area contributed by atoms with Gasteiger partial charge < -0.3 is 10.2 Å². The summed E-state index contributed by atoms with van der Waals surface area (Å²) in [6.45, 7) is 1.26. The number of carbonyl (C=O) groups is 2. The van der Waals surface area contributed by atoms with Crippen molar-refractivity contribution in [1.29, 1.82) is 0 Å². The highest BCUT2D eigenvalue weighted by Crippen LogP contribution is 2.40. The van der Waals surface area contributed by atoms with E-state index >= 15 is 0 Å². The Morgan fingerprint density at radius 1 is 0.923 bits per heavy atom. The number of nitrogens with one attached hydrogen (secondary N) is 1. The predicted molar refractivity (Wildman–Crippen MR) is 101 cm³/mol. The van der Waals surface area contributed by atoms with Crippen molar-refractivity contribution in [2.45, 2.75) is 37.1 Å². The molecule has 2 heterocycles. The van der Waals surface area contributed by atoms with Gasteiger partial charge in [0.2, 0.25) is 11.8 Å². The molecule has 0 aromatic heterocycles. The van der Waals surface area contributed by atoms with Gasteiger partial charge in [-0.1, -0.05) is 60.7 Å². The van der Waals surface area contributed by atoms with Crippen LogP contribution < -0.4 is 5.32 Å². The average molecular weight is 348 g/mol. The maximum atomic E-state index is 12.6. The first kappa shape index (κ1) is 16.8. The minimum Gasteiger partial charge on any atom is -0.352 e. The fraction of sp³-hybridized carbons (Fsp3) is 0.364. The quantitative estimate of drug-likeness (QED) is 0.924. The Balaban J connectivity index is 1.67. The summed E-state index contributed by atoms with van der Waals surface area (Å²) in [7, 11) is 0. The number of hydrogen-bond acceptors (Lipinski definition) is 2. The van der Waals surface area contributed by atoms with E-state index in [1.54, 1.807) is 0 Å². The molecule has 4 nitrogen and oxygen atoms in total. The Morgan fingerprint density at radius 3 is 2.08 bits per heavy atom. The van der Waals surface area contributed by atoms with E-state index in [1.165, 1.54) is 11.1 Å². The smallest absolute Gasteiger partial charge is 0.222 e. The van der Waals surface area contributed by atoms with Crippen LogP contribution in [0.5, 0.6) is 0 Å². The van der Waals surface area contributed by atoms with Crippen molar-refractivity contribution >= 4 is 11.8 Å². The molecule has 0 aliphatic carbocycles. The van der Waals surface area contributed by atoms with Gasteiger partial charge in [0.1, 0.15) is 0 Å². The van der Waals surface area contributed by atoms with Gasteiger partial charge in [-0.05, 0) is 24.0 Å². The minimum absolute atomic E-state index is 0.0776. The largest absolute Gasteiger partial charge is 0.352 e. The maximum absolute atomic E-state index is 12.6. The molecule has 1 atom stereocenters. The fourth-order valence-electron chi connectivity index (χ4n) is 4.37. The lowest BCUT2D eigenvalue weighted by Gasteiger charge is -2.44. The monoisotopic (exact) mass is 348 g/mol. The molecule has 0 radical (unpaired) electrons. The molecule has 2 aliphatic rings. The topological polar surface area (TPSA) is 49.4 Å². The molecular weight excluding hydrogens is 324 g/mol. The van der Waals surface area contributed by atoms with Crippen LogP contribution in [0.4, 0.5) is 0 Å². The number of rotatable bonds is 4. The second-order valence-corrected chi connectivity index (χ2v) is 7.39. The summed E-state index contributed by atoms with van der Waals surface area (Å²) in [5.41, 5.74) is 2.30. The molecule has 2 aromatic rings. The standard InChI is InChI=1S/C22H24N2O2/c25-20-12-11-19(23-20)15-24-16-22(14-13-21(24)26,17-7-3-1-4-8-17)18-9-5-2-6-10-18/h1-10,19H,11-16H2,(H,23,25)/t19-/m1/s1. The summed E-state index contributed by atoms with van der Waals surface area (Å²) in [5.74, 6) is 0.283. The Morgan fingerprint density at radius 2 is 1.54 bits per heavy atom. The average Bonchev–Trinajstić information content (AvgIpc) is 3.10. The Hall–Kier alpha value is -2.62. The zero-order valence-electron chi connectivity index (χ0n) is 14.9. The summed E-state index contributed by atoms with van der Waals surface area (Å²) in [6, 6.07) is 21.1. The van der Waals surface area contributed by atoms with Crippen LogP contribution >= 0.6 is 0 Å². The molecule has 0 unspecified atom stereocenters. The van der Waals surface area contributed by atoms with Gasteiger partial charge >= 0.3 is 0 Å². The third kappa shape index (κ3) is 3.12. The van der Waals surface area contributed by atoms with Crippen LogP contribution in [0, 0.1) is 0 Å². The summed E-state index contributed by atoms with van der Waals surface area (Å²) < 4.78 is 0. The van der Waals surface area contributed by atoms with Gasteiger partial charge in [0.25, 0.3) is 0 Å². The van der Waals surface area contributed by atoms with E-state index in [0.29, 0.717) is 25.9 Å². The first-order chi connectivity index (χ1) is 12.7. The number of piperidine rings is 1. The van der Waals surface area contributed by atoms with Crippen LogP contribution in [-0.4, -0.2) is 35.8 Å². The van der Waals surface area contributed by atoms with Crippen LogP contribution in [0.15, 0.2) is 60.7 Å². The fourth-order valence-corrected chi connectivity index (χ4v) is 4.37. The van der Waals surface area contributed by atoms with Crippen molar-refractivity contribution in [3.8, 4) is 0 Å². The Kier molecular flexibility index (Phi) is 4.49. The van der Waals surface area contributed by atoms with E-state index in [9.17, 15) is 9.59 Å². The van der Waals surface area contributed by atoms with Crippen molar-refractivity contribution in [2.24, 2.45) is 0 Å². The molecular formula is C22H24N2O2. The van der Waals surface area contributed by atoms with Gasteiger partial charge in [0.05, 0.1) is 0 Å². The zero-order chi connectivity index (χ0) is 18.0. The van der Waals surface area contributed by atoms with Gasteiger partial charge in [-0.15, -0.1) is 0 Å². The van der Waals surface area contributed by atoms with Gasteiger partial charge in [-0.2, -0.15) is 0 Å². The lowest BCUT2D eigenvalue weighted by molar-refractivity contribution is -0.135. The van der Waals surface area contributed by atoms with E-state index in [0.717, 1.165) is 12.8 Å². The molecule has 1 N–H and O–H groups in total. The van der Waals surface area contributed by atoms with Gasteiger partial charge in [-0.25, -0.2) is 0 Å². The van der Waals surface area contributed by atoms with Gasteiger partial charge in [0.15, 0.2) is 0 Å². The highest BCUT2D eigenvalue weighted by Gasteiger charge is 2.42. The molecule has 2 amide bonds. The van der Waals surface area contributed by atoms with Crippen LogP contribution in [0.25, 0.3) is 0 Å². The molecule has 2 aromatic carbocycles. The van der Waals surface area contributed by atoms with Crippen LogP contribution in [0.3, 0.4) is 0 Å². The van der Waals surface area contributed by atoms with Crippen LogP contribution in [0.2, 0.25) is 0 Å². The van der Waals surface area contributed by atoms with Crippen molar-refractivity contribution in [1.82, 2.24) is 10.2 Å². The van der Waals surface area contributed by atoms with Crippen molar-refractivity contribution in [3.63, 3.8) is 0 Å². The van der Waals surface area contributed by atoms with Crippen LogP contribution in [-0.2, 0) is 15.0 Å².